The van der Waals surface area contributed by atoms with Gasteiger partial charge in [-0.05, 0) is 37.6 Å². The van der Waals surface area contributed by atoms with Gasteiger partial charge in [0, 0.05) is 29.2 Å². The molecule has 0 aliphatic carbocycles. The average Bonchev–Trinajstić information content (AvgIpc) is 2.33. The summed E-state index contributed by atoms with van der Waals surface area (Å²) in [5.74, 6) is 0. The molecule has 2 rings (SSSR count). The van der Waals surface area contributed by atoms with Crippen molar-refractivity contribution in [3.8, 4) is 5.69 Å². The largest absolute Gasteiger partial charge is 0.321 e. The molecule has 1 heterocycles. The fourth-order valence-corrected chi connectivity index (χ4v) is 2.08. The van der Waals surface area contributed by atoms with E-state index in [1.807, 2.05) is 42.7 Å². The molecule has 0 N–H and O–H groups in total. The van der Waals surface area contributed by atoms with Crippen molar-refractivity contribution < 1.29 is 4.79 Å². The summed E-state index contributed by atoms with van der Waals surface area (Å²) in [6, 6.07) is 9.46. The molecule has 98 valence electrons. The summed E-state index contributed by atoms with van der Waals surface area (Å²) >= 11 is 5.36. The summed E-state index contributed by atoms with van der Waals surface area (Å²) < 4.78 is 1.88. The molecule has 0 aliphatic heterocycles. The summed E-state index contributed by atoms with van der Waals surface area (Å²) in [5, 5.41) is -0.531. The standard InChI is InChI=1S/C15H14ClNO2/c1-10-3-5-13(6-4-10)17-9-12(8-15(16)19)14(18)7-11(17)2/h3-7,9H,8H2,1-2H3. The fraction of sp³-hybridized carbons (Fsp3) is 0.200. The molecule has 0 aliphatic rings. The number of halogens is 1. The Hall–Kier alpha value is -1.87. The van der Waals surface area contributed by atoms with E-state index in [2.05, 4.69) is 0 Å². The van der Waals surface area contributed by atoms with Crippen LogP contribution in [-0.4, -0.2) is 9.81 Å². The quantitative estimate of drug-likeness (QED) is 0.808. The molecule has 0 spiro atoms. The van der Waals surface area contributed by atoms with E-state index in [1.165, 1.54) is 11.6 Å². The Morgan fingerprint density at radius 3 is 2.42 bits per heavy atom. The zero-order chi connectivity index (χ0) is 14.0. The molecule has 0 fully saturated rings. The first-order chi connectivity index (χ1) is 8.97. The van der Waals surface area contributed by atoms with Crippen LogP contribution in [0.25, 0.3) is 5.69 Å². The Morgan fingerprint density at radius 2 is 1.84 bits per heavy atom. The fourth-order valence-electron chi connectivity index (χ4n) is 1.94. The van der Waals surface area contributed by atoms with E-state index in [0.717, 1.165) is 11.4 Å². The summed E-state index contributed by atoms with van der Waals surface area (Å²) in [6.45, 7) is 3.87. The van der Waals surface area contributed by atoms with Crippen molar-refractivity contribution in [1.82, 2.24) is 4.57 Å². The zero-order valence-electron chi connectivity index (χ0n) is 10.8. The van der Waals surface area contributed by atoms with Gasteiger partial charge in [0.15, 0.2) is 5.43 Å². The van der Waals surface area contributed by atoms with E-state index >= 15 is 0 Å². The number of hydrogen-bond acceptors (Lipinski definition) is 2. The number of aryl methyl sites for hydroxylation is 2. The minimum absolute atomic E-state index is 0.0491. The number of carbonyl (C=O) groups is 1. The van der Waals surface area contributed by atoms with Crippen molar-refractivity contribution in [2.45, 2.75) is 20.3 Å². The average molecular weight is 276 g/mol. The molecule has 0 unspecified atom stereocenters. The lowest BCUT2D eigenvalue weighted by Gasteiger charge is -2.12. The molecule has 1 aromatic carbocycles. The molecular formula is C15H14ClNO2. The van der Waals surface area contributed by atoms with Crippen LogP contribution in [0.3, 0.4) is 0 Å². The number of pyridine rings is 1. The maximum absolute atomic E-state index is 11.8. The van der Waals surface area contributed by atoms with E-state index in [-0.39, 0.29) is 11.8 Å². The Labute approximate surface area is 116 Å². The first kappa shape index (κ1) is 13.6. The minimum atomic E-state index is -0.531. The molecule has 3 nitrogen and oxygen atoms in total. The summed E-state index contributed by atoms with van der Waals surface area (Å²) in [6.07, 6.45) is 1.63. The molecule has 2 aromatic rings. The topological polar surface area (TPSA) is 39.1 Å². The van der Waals surface area contributed by atoms with Crippen molar-refractivity contribution in [1.29, 1.82) is 0 Å². The van der Waals surface area contributed by atoms with Crippen LogP contribution in [-0.2, 0) is 11.2 Å². The lowest BCUT2D eigenvalue weighted by Crippen LogP contribution is -2.15. The van der Waals surface area contributed by atoms with Gasteiger partial charge in [-0.2, -0.15) is 0 Å². The Kier molecular flexibility index (Phi) is 3.86. The van der Waals surface area contributed by atoms with Crippen LogP contribution in [0.4, 0.5) is 0 Å². The van der Waals surface area contributed by atoms with Crippen LogP contribution < -0.4 is 5.43 Å². The number of nitrogens with zero attached hydrogens (tertiary/aromatic N) is 1. The first-order valence-corrected chi connectivity index (χ1v) is 6.33. The molecule has 0 bridgehead atoms. The van der Waals surface area contributed by atoms with Crippen molar-refractivity contribution in [3.63, 3.8) is 0 Å². The van der Waals surface area contributed by atoms with Gasteiger partial charge in [0.05, 0.1) is 6.42 Å². The monoisotopic (exact) mass is 275 g/mol. The lowest BCUT2D eigenvalue weighted by molar-refractivity contribution is -0.111. The normalized spacial score (nSPS) is 10.5. The second-order valence-electron chi connectivity index (χ2n) is 4.54. The second-order valence-corrected chi connectivity index (χ2v) is 4.96. The maximum Gasteiger partial charge on any atom is 0.226 e. The highest BCUT2D eigenvalue weighted by Crippen LogP contribution is 2.12. The smallest absolute Gasteiger partial charge is 0.226 e. The predicted octanol–water partition coefficient (Wildman–Crippen LogP) is 2.76. The molecule has 0 saturated heterocycles. The highest BCUT2D eigenvalue weighted by atomic mass is 35.5. The van der Waals surface area contributed by atoms with E-state index in [9.17, 15) is 9.59 Å². The van der Waals surface area contributed by atoms with Crippen LogP contribution in [0, 0.1) is 13.8 Å². The van der Waals surface area contributed by atoms with E-state index in [1.54, 1.807) is 6.20 Å². The molecule has 0 saturated carbocycles. The molecular weight excluding hydrogens is 262 g/mol. The van der Waals surface area contributed by atoms with Crippen LogP contribution in [0.15, 0.2) is 41.3 Å². The van der Waals surface area contributed by atoms with E-state index in [0.29, 0.717) is 5.56 Å². The first-order valence-electron chi connectivity index (χ1n) is 5.95. The number of aromatic nitrogens is 1. The van der Waals surface area contributed by atoms with Gasteiger partial charge in [-0.1, -0.05) is 17.7 Å². The molecule has 1 aromatic heterocycles. The Bertz CT molecular complexity index is 672. The van der Waals surface area contributed by atoms with Gasteiger partial charge in [-0.15, -0.1) is 0 Å². The van der Waals surface area contributed by atoms with Gasteiger partial charge < -0.3 is 4.57 Å². The van der Waals surface area contributed by atoms with Crippen LogP contribution in [0.1, 0.15) is 16.8 Å². The molecule has 4 heteroatoms. The van der Waals surface area contributed by atoms with E-state index in [4.69, 9.17) is 11.6 Å². The number of rotatable bonds is 3. The molecule has 0 atom stereocenters. The predicted molar refractivity (Wildman–Crippen MR) is 76.1 cm³/mol. The second kappa shape index (κ2) is 5.41. The third kappa shape index (κ3) is 3.12. The number of hydrogen-bond donors (Lipinski definition) is 0. The molecule has 0 amide bonds. The van der Waals surface area contributed by atoms with Gasteiger partial charge in [-0.3, -0.25) is 9.59 Å². The maximum atomic E-state index is 11.8. The van der Waals surface area contributed by atoms with Gasteiger partial charge in [-0.25, -0.2) is 0 Å². The van der Waals surface area contributed by atoms with E-state index < -0.39 is 5.24 Å². The third-order valence-corrected chi connectivity index (χ3v) is 3.10. The van der Waals surface area contributed by atoms with Crippen molar-refractivity contribution in [3.05, 3.63) is 63.6 Å². The van der Waals surface area contributed by atoms with Gasteiger partial charge in [0.2, 0.25) is 5.24 Å². The van der Waals surface area contributed by atoms with Crippen molar-refractivity contribution >= 4 is 16.8 Å². The van der Waals surface area contributed by atoms with Crippen LogP contribution >= 0.6 is 11.6 Å². The summed E-state index contributed by atoms with van der Waals surface area (Å²) in [5.41, 5.74) is 3.19. The Morgan fingerprint density at radius 1 is 1.21 bits per heavy atom. The third-order valence-electron chi connectivity index (χ3n) is 2.96. The summed E-state index contributed by atoms with van der Waals surface area (Å²) in [4.78, 5) is 22.7. The van der Waals surface area contributed by atoms with Gasteiger partial charge in [0.25, 0.3) is 0 Å². The highest BCUT2D eigenvalue weighted by Gasteiger charge is 2.08. The Balaban J connectivity index is 2.54. The summed E-state index contributed by atoms with van der Waals surface area (Å²) in [7, 11) is 0. The number of carbonyl (C=O) groups excluding carboxylic acids is 1. The van der Waals surface area contributed by atoms with Crippen LogP contribution in [0.2, 0.25) is 0 Å². The minimum Gasteiger partial charge on any atom is -0.321 e. The van der Waals surface area contributed by atoms with Gasteiger partial charge in [0.1, 0.15) is 0 Å². The van der Waals surface area contributed by atoms with Crippen molar-refractivity contribution in [2.24, 2.45) is 0 Å². The SMILES string of the molecule is Cc1ccc(-n2cc(CC(=O)Cl)c(=O)cc2C)cc1. The van der Waals surface area contributed by atoms with Crippen LogP contribution in [0.5, 0.6) is 0 Å². The zero-order valence-corrected chi connectivity index (χ0v) is 11.6. The number of benzene rings is 1. The lowest BCUT2D eigenvalue weighted by atomic mass is 10.1. The molecule has 19 heavy (non-hydrogen) atoms. The molecule has 0 radical (unpaired) electrons. The highest BCUT2D eigenvalue weighted by molar-refractivity contribution is 6.63. The van der Waals surface area contributed by atoms with Gasteiger partial charge >= 0.3 is 0 Å². The van der Waals surface area contributed by atoms with Crippen molar-refractivity contribution in [2.75, 3.05) is 0 Å².